The SMILES string of the molecule is NCCO.c1cnoc1. The normalized spacial score (nSPS) is 7.78. The highest BCUT2D eigenvalue weighted by molar-refractivity contribution is 4.67. The van der Waals surface area contributed by atoms with Gasteiger partial charge in [-0.15, -0.1) is 0 Å². The molecule has 0 unspecified atom stereocenters. The third kappa shape index (κ3) is 7.13. The number of aliphatic hydroxyl groups excluding tert-OH is 1. The first-order chi connectivity index (χ1) is 4.41. The van der Waals surface area contributed by atoms with E-state index in [0.717, 1.165) is 0 Å². The quantitative estimate of drug-likeness (QED) is 0.543. The van der Waals surface area contributed by atoms with Gasteiger partial charge in [0.15, 0.2) is 0 Å². The van der Waals surface area contributed by atoms with Crippen LogP contribution in [0.2, 0.25) is 0 Å². The average Bonchev–Trinajstić information content (AvgIpc) is 2.43. The molecule has 9 heavy (non-hydrogen) atoms. The molecular weight excluding hydrogens is 120 g/mol. The third-order valence-electron chi connectivity index (χ3n) is 0.476. The third-order valence-corrected chi connectivity index (χ3v) is 0.476. The predicted octanol–water partition coefficient (Wildman–Crippen LogP) is -0.388. The van der Waals surface area contributed by atoms with E-state index in [-0.39, 0.29) is 6.61 Å². The van der Waals surface area contributed by atoms with Crippen molar-refractivity contribution >= 4 is 0 Å². The van der Waals surface area contributed by atoms with Gasteiger partial charge in [-0.1, -0.05) is 5.16 Å². The Hall–Kier alpha value is -0.870. The number of nitrogens with two attached hydrogens (primary N) is 1. The van der Waals surface area contributed by atoms with E-state index in [1.165, 1.54) is 6.26 Å². The fourth-order valence-electron chi connectivity index (χ4n) is 0.176. The smallest absolute Gasteiger partial charge is 0.123 e. The molecule has 0 amide bonds. The molecule has 1 heterocycles. The number of nitrogens with zero attached hydrogens (tertiary/aromatic N) is 1. The highest BCUT2D eigenvalue weighted by atomic mass is 16.5. The first kappa shape index (κ1) is 8.13. The van der Waals surface area contributed by atoms with Crippen molar-refractivity contribution in [2.75, 3.05) is 13.2 Å². The van der Waals surface area contributed by atoms with Crippen molar-refractivity contribution < 1.29 is 9.63 Å². The van der Waals surface area contributed by atoms with Gasteiger partial charge in [-0.05, 0) is 6.07 Å². The Balaban J connectivity index is 0.000000148. The van der Waals surface area contributed by atoms with Gasteiger partial charge in [0.2, 0.25) is 0 Å². The monoisotopic (exact) mass is 130 g/mol. The highest BCUT2D eigenvalue weighted by Gasteiger charge is 1.60. The van der Waals surface area contributed by atoms with Crippen molar-refractivity contribution in [2.24, 2.45) is 5.73 Å². The van der Waals surface area contributed by atoms with Gasteiger partial charge in [0.05, 0.1) is 12.8 Å². The Morgan fingerprint density at radius 2 is 2.33 bits per heavy atom. The second kappa shape index (κ2) is 7.13. The molecule has 0 saturated heterocycles. The number of aliphatic hydroxyl groups is 1. The van der Waals surface area contributed by atoms with Crippen LogP contribution in [0.15, 0.2) is 23.0 Å². The second-order valence-electron chi connectivity index (χ2n) is 1.20. The lowest BCUT2D eigenvalue weighted by Gasteiger charge is -1.71. The van der Waals surface area contributed by atoms with Gasteiger partial charge in [0, 0.05) is 6.54 Å². The molecule has 0 radical (unpaired) electrons. The Morgan fingerprint density at radius 3 is 2.44 bits per heavy atom. The summed E-state index contributed by atoms with van der Waals surface area (Å²) in [6.45, 7) is 0.472. The maximum absolute atomic E-state index is 7.75. The lowest BCUT2D eigenvalue weighted by atomic mass is 10.8. The van der Waals surface area contributed by atoms with E-state index in [9.17, 15) is 0 Å². The lowest BCUT2D eigenvalue weighted by Crippen LogP contribution is -2.02. The number of hydrogen-bond donors (Lipinski definition) is 2. The van der Waals surface area contributed by atoms with Crippen LogP contribution in [-0.4, -0.2) is 23.4 Å². The molecule has 0 aromatic carbocycles. The van der Waals surface area contributed by atoms with Crippen molar-refractivity contribution in [3.8, 4) is 0 Å². The Bertz CT molecular complexity index is 88.5. The fraction of sp³-hybridized carbons (Fsp3) is 0.400. The van der Waals surface area contributed by atoms with E-state index in [0.29, 0.717) is 6.54 Å². The summed E-state index contributed by atoms with van der Waals surface area (Å²) in [5.74, 6) is 0. The van der Waals surface area contributed by atoms with E-state index < -0.39 is 0 Å². The lowest BCUT2D eigenvalue weighted by molar-refractivity contribution is 0.306. The van der Waals surface area contributed by atoms with Gasteiger partial charge < -0.3 is 15.4 Å². The summed E-state index contributed by atoms with van der Waals surface area (Å²) in [5.41, 5.74) is 4.78. The van der Waals surface area contributed by atoms with Crippen molar-refractivity contribution in [1.82, 2.24) is 5.16 Å². The fourth-order valence-corrected chi connectivity index (χ4v) is 0.176. The van der Waals surface area contributed by atoms with Crippen LogP contribution in [0.4, 0.5) is 0 Å². The standard InChI is InChI=1S/C3H3NO.C2H7NO/c1-2-4-5-3-1;3-1-2-4/h1-3H;4H,1-3H2. The number of aromatic nitrogens is 1. The van der Waals surface area contributed by atoms with Gasteiger partial charge in [-0.3, -0.25) is 0 Å². The highest BCUT2D eigenvalue weighted by Crippen LogP contribution is 1.72. The van der Waals surface area contributed by atoms with E-state index in [1.54, 1.807) is 12.3 Å². The van der Waals surface area contributed by atoms with Crippen molar-refractivity contribution in [3.05, 3.63) is 18.5 Å². The molecule has 1 aromatic heterocycles. The number of rotatable bonds is 1. The molecule has 52 valence electrons. The molecule has 1 rings (SSSR count). The molecule has 0 aliphatic rings. The van der Waals surface area contributed by atoms with Crippen LogP contribution in [0.1, 0.15) is 0 Å². The van der Waals surface area contributed by atoms with E-state index >= 15 is 0 Å². The van der Waals surface area contributed by atoms with E-state index in [2.05, 4.69) is 9.68 Å². The van der Waals surface area contributed by atoms with E-state index in [4.69, 9.17) is 10.8 Å². The van der Waals surface area contributed by atoms with Crippen LogP contribution in [-0.2, 0) is 0 Å². The zero-order valence-corrected chi connectivity index (χ0v) is 5.03. The van der Waals surface area contributed by atoms with Crippen LogP contribution in [0, 0.1) is 0 Å². The van der Waals surface area contributed by atoms with Crippen molar-refractivity contribution in [3.63, 3.8) is 0 Å². The van der Waals surface area contributed by atoms with Gasteiger partial charge in [-0.25, -0.2) is 0 Å². The van der Waals surface area contributed by atoms with Gasteiger partial charge in [0.1, 0.15) is 6.26 Å². The first-order valence-electron chi connectivity index (χ1n) is 2.57. The summed E-state index contributed by atoms with van der Waals surface area (Å²) < 4.78 is 4.33. The topological polar surface area (TPSA) is 72.3 Å². The Morgan fingerprint density at radius 1 is 1.67 bits per heavy atom. The van der Waals surface area contributed by atoms with Crippen LogP contribution in [0.25, 0.3) is 0 Å². The molecule has 1 aromatic rings. The largest absolute Gasteiger partial charge is 0.395 e. The first-order valence-corrected chi connectivity index (χ1v) is 2.57. The summed E-state index contributed by atoms with van der Waals surface area (Å²) in [6.07, 6.45) is 3.10. The van der Waals surface area contributed by atoms with Crippen molar-refractivity contribution in [2.45, 2.75) is 0 Å². The summed E-state index contributed by atoms with van der Waals surface area (Å²) in [6, 6.07) is 1.72. The minimum absolute atomic E-state index is 0.0972. The summed E-state index contributed by atoms with van der Waals surface area (Å²) >= 11 is 0. The molecule has 0 saturated carbocycles. The van der Waals surface area contributed by atoms with Gasteiger partial charge >= 0.3 is 0 Å². The molecular formula is C5H10N2O2. The summed E-state index contributed by atoms with van der Waals surface area (Å²) in [7, 11) is 0. The maximum Gasteiger partial charge on any atom is 0.123 e. The molecule has 4 heteroatoms. The molecule has 3 N–H and O–H groups in total. The van der Waals surface area contributed by atoms with Crippen LogP contribution in [0.5, 0.6) is 0 Å². The van der Waals surface area contributed by atoms with E-state index in [1.807, 2.05) is 0 Å². The molecule has 0 bridgehead atoms. The Labute approximate surface area is 53.3 Å². The molecule has 0 fully saturated rings. The zero-order valence-electron chi connectivity index (χ0n) is 5.03. The second-order valence-corrected chi connectivity index (χ2v) is 1.20. The summed E-state index contributed by atoms with van der Waals surface area (Å²) in [4.78, 5) is 0. The Kier molecular flexibility index (Phi) is 6.44. The van der Waals surface area contributed by atoms with Crippen molar-refractivity contribution in [1.29, 1.82) is 0 Å². The number of hydrogen-bond acceptors (Lipinski definition) is 4. The van der Waals surface area contributed by atoms with Gasteiger partial charge in [0.25, 0.3) is 0 Å². The van der Waals surface area contributed by atoms with Crippen LogP contribution < -0.4 is 5.73 Å². The minimum Gasteiger partial charge on any atom is -0.395 e. The van der Waals surface area contributed by atoms with Crippen LogP contribution >= 0.6 is 0 Å². The summed E-state index contributed by atoms with van der Waals surface area (Å²) in [5, 5.41) is 11.1. The maximum atomic E-state index is 7.75. The van der Waals surface area contributed by atoms with Gasteiger partial charge in [-0.2, -0.15) is 0 Å². The molecule has 0 aliphatic carbocycles. The zero-order chi connectivity index (χ0) is 6.95. The molecule has 0 atom stereocenters. The molecule has 0 aliphatic heterocycles. The predicted molar refractivity (Wildman–Crippen MR) is 32.6 cm³/mol. The minimum atomic E-state index is 0.0972. The average molecular weight is 130 g/mol. The molecule has 0 spiro atoms. The molecule has 4 nitrogen and oxygen atoms in total. The van der Waals surface area contributed by atoms with Crippen LogP contribution in [0.3, 0.4) is 0 Å².